The van der Waals surface area contributed by atoms with Crippen LogP contribution in [0.5, 0.6) is 0 Å². The van der Waals surface area contributed by atoms with Gasteiger partial charge in [-0.3, -0.25) is 9.59 Å². The summed E-state index contributed by atoms with van der Waals surface area (Å²) in [7, 11) is 0. The van der Waals surface area contributed by atoms with Crippen LogP contribution in [-0.4, -0.2) is 40.1 Å². The number of aromatic amines is 1. The largest absolute Gasteiger partial charge is 0.321 e. The zero-order valence-corrected chi connectivity index (χ0v) is 16.9. The van der Waals surface area contributed by atoms with Gasteiger partial charge in [-0.25, -0.2) is 5.10 Å². The zero-order valence-electron chi connectivity index (χ0n) is 16.9. The molecule has 1 aromatic carbocycles. The monoisotopic (exact) mass is 382 g/mol. The van der Waals surface area contributed by atoms with E-state index in [2.05, 4.69) is 53.3 Å². The number of carbonyl (C=O) groups is 1. The number of H-pyrrole nitrogens is 1. The Kier molecular flexibility index (Phi) is 6.62. The number of likely N-dealkylation sites (tertiary alicyclic amines) is 1. The summed E-state index contributed by atoms with van der Waals surface area (Å²) < 4.78 is 0. The van der Waals surface area contributed by atoms with Crippen molar-refractivity contribution in [1.29, 1.82) is 0 Å². The van der Waals surface area contributed by atoms with E-state index < -0.39 is 0 Å². The fraction of sp³-hybridized carbons (Fsp3) is 0.500. The Balaban J connectivity index is 1.50. The lowest BCUT2D eigenvalue weighted by molar-refractivity contribution is 0.0981. The van der Waals surface area contributed by atoms with Crippen LogP contribution < -0.4 is 10.9 Å². The summed E-state index contributed by atoms with van der Waals surface area (Å²) in [6.07, 6.45) is 3.55. The van der Waals surface area contributed by atoms with Gasteiger partial charge >= 0.3 is 0 Å². The topological polar surface area (TPSA) is 78.1 Å². The molecule has 1 fully saturated rings. The standard InChI is InChI=1S/C22H30N4O2/c1-15(2)26-13-12-18(16(3)14-26)7-4-17-5-8-19(9-6-17)23-22(28)20-10-11-21(27)25-24-20/h5-6,8-11,15-16,18H,4,7,12-14H2,1-3H3,(H,23,28)(H,25,27)/t16-,18-/m1/s1. The molecule has 0 spiro atoms. The van der Waals surface area contributed by atoms with Crippen molar-refractivity contribution in [2.24, 2.45) is 11.8 Å². The first-order valence-corrected chi connectivity index (χ1v) is 10.1. The number of benzene rings is 1. The highest BCUT2D eigenvalue weighted by Crippen LogP contribution is 2.28. The third-order valence-corrected chi connectivity index (χ3v) is 5.77. The molecule has 2 atom stereocenters. The molecule has 0 unspecified atom stereocenters. The highest BCUT2D eigenvalue weighted by atomic mass is 16.2. The van der Waals surface area contributed by atoms with E-state index in [-0.39, 0.29) is 17.2 Å². The van der Waals surface area contributed by atoms with Gasteiger partial charge in [-0.05, 0) is 75.3 Å². The van der Waals surface area contributed by atoms with E-state index in [1.807, 2.05) is 12.1 Å². The van der Waals surface area contributed by atoms with Crippen LogP contribution in [-0.2, 0) is 6.42 Å². The third-order valence-electron chi connectivity index (χ3n) is 5.77. The number of anilines is 1. The highest BCUT2D eigenvalue weighted by Gasteiger charge is 2.26. The fourth-order valence-corrected chi connectivity index (χ4v) is 3.90. The third kappa shape index (κ3) is 5.29. The van der Waals surface area contributed by atoms with E-state index in [4.69, 9.17) is 0 Å². The Morgan fingerprint density at radius 3 is 2.61 bits per heavy atom. The van der Waals surface area contributed by atoms with Crippen LogP contribution in [0.25, 0.3) is 0 Å². The van der Waals surface area contributed by atoms with E-state index in [1.54, 1.807) is 0 Å². The van der Waals surface area contributed by atoms with Gasteiger partial charge in [0.05, 0.1) is 0 Å². The molecule has 0 aliphatic carbocycles. The Morgan fingerprint density at radius 1 is 1.25 bits per heavy atom. The van der Waals surface area contributed by atoms with Gasteiger partial charge in [0, 0.05) is 24.3 Å². The van der Waals surface area contributed by atoms with Crippen molar-refractivity contribution in [3.05, 3.63) is 58.0 Å². The first kappa shape index (κ1) is 20.3. The average molecular weight is 383 g/mol. The molecule has 150 valence electrons. The molecule has 2 aromatic rings. The number of aromatic nitrogens is 2. The normalized spacial score (nSPS) is 20.3. The van der Waals surface area contributed by atoms with E-state index in [1.165, 1.54) is 43.6 Å². The number of amides is 1. The molecule has 28 heavy (non-hydrogen) atoms. The van der Waals surface area contributed by atoms with Gasteiger partial charge in [0.1, 0.15) is 5.69 Å². The average Bonchev–Trinajstić information content (AvgIpc) is 2.68. The molecule has 2 N–H and O–H groups in total. The molecule has 2 heterocycles. The van der Waals surface area contributed by atoms with Crippen LogP contribution in [0.4, 0.5) is 5.69 Å². The number of piperidine rings is 1. The molecule has 1 aliphatic heterocycles. The second kappa shape index (κ2) is 9.15. The van der Waals surface area contributed by atoms with Crippen LogP contribution in [0.1, 0.15) is 49.7 Å². The van der Waals surface area contributed by atoms with Crippen molar-refractivity contribution in [2.45, 2.75) is 46.1 Å². The van der Waals surface area contributed by atoms with Crippen LogP contribution in [0, 0.1) is 11.8 Å². The molecule has 1 amide bonds. The summed E-state index contributed by atoms with van der Waals surface area (Å²) in [5.41, 5.74) is 1.87. The number of carbonyl (C=O) groups excluding carboxylic acids is 1. The number of rotatable bonds is 6. The van der Waals surface area contributed by atoms with E-state index >= 15 is 0 Å². The quantitative estimate of drug-likeness (QED) is 0.803. The van der Waals surface area contributed by atoms with Gasteiger partial charge < -0.3 is 10.2 Å². The molecule has 3 rings (SSSR count). The summed E-state index contributed by atoms with van der Waals surface area (Å²) in [6, 6.07) is 11.3. The highest BCUT2D eigenvalue weighted by molar-refractivity contribution is 6.02. The van der Waals surface area contributed by atoms with Crippen LogP contribution in [0.15, 0.2) is 41.2 Å². The van der Waals surface area contributed by atoms with E-state index in [0.717, 1.165) is 23.9 Å². The zero-order chi connectivity index (χ0) is 20.1. The first-order valence-electron chi connectivity index (χ1n) is 10.1. The summed E-state index contributed by atoms with van der Waals surface area (Å²) in [5, 5.41) is 8.81. The maximum absolute atomic E-state index is 12.2. The minimum atomic E-state index is -0.338. The summed E-state index contributed by atoms with van der Waals surface area (Å²) in [4.78, 5) is 25.8. The molecule has 0 radical (unpaired) electrons. The molecule has 6 heteroatoms. The lowest BCUT2D eigenvalue weighted by atomic mass is 9.82. The maximum Gasteiger partial charge on any atom is 0.276 e. The number of aryl methyl sites for hydroxylation is 1. The summed E-state index contributed by atoms with van der Waals surface area (Å²) in [6.45, 7) is 9.34. The lowest BCUT2D eigenvalue weighted by Crippen LogP contribution is -2.43. The second-order valence-electron chi connectivity index (χ2n) is 8.11. The smallest absolute Gasteiger partial charge is 0.276 e. The maximum atomic E-state index is 12.2. The van der Waals surface area contributed by atoms with Gasteiger partial charge in [0.15, 0.2) is 0 Å². The lowest BCUT2D eigenvalue weighted by Gasteiger charge is -2.39. The van der Waals surface area contributed by atoms with Crippen molar-refractivity contribution >= 4 is 11.6 Å². The SMILES string of the molecule is CC(C)N1CC[C@@H](CCc2ccc(NC(=O)c3ccc(=O)[nH]n3)cc2)[C@H](C)C1. The van der Waals surface area contributed by atoms with Crippen LogP contribution in [0.2, 0.25) is 0 Å². The Bertz CT molecular complexity index is 824. The van der Waals surface area contributed by atoms with Crippen molar-refractivity contribution in [3.8, 4) is 0 Å². The van der Waals surface area contributed by atoms with Crippen LogP contribution >= 0.6 is 0 Å². The predicted octanol–water partition coefficient (Wildman–Crippen LogP) is 3.32. The van der Waals surface area contributed by atoms with Gasteiger partial charge in [-0.1, -0.05) is 19.1 Å². The summed E-state index contributed by atoms with van der Waals surface area (Å²) in [5.74, 6) is 1.18. The van der Waals surface area contributed by atoms with Gasteiger partial charge in [0.25, 0.3) is 11.5 Å². The molecule has 6 nitrogen and oxygen atoms in total. The number of hydrogen-bond donors (Lipinski definition) is 2. The first-order chi connectivity index (χ1) is 13.4. The minimum Gasteiger partial charge on any atom is -0.321 e. The fourth-order valence-electron chi connectivity index (χ4n) is 3.90. The minimum absolute atomic E-state index is 0.186. The predicted molar refractivity (Wildman–Crippen MR) is 112 cm³/mol. The molecular formula is C22H30N4O2. The van der Waals surface area contributed by atoms with Crippen molar-refractivity contribution in [1.82, 2.24) is 15.1 Å². The molecular weight excluding hydrogens is 352 g/mol. The molecule has 1 aromatic heterocycles. The van der Waals surface area contributed by atoms with Crippen molar-refractivity contribution < 1.29 is 4.79 Å². The molecule has 0 bridgehead atoms. The number of nitrogens with zero attached hydrogens (tertiary/aromatic N) is 2. The molecule has 1 aliphatic rings. The van der Waals surface area contributed by atoms with Crippen LogP contribution in [0.3, 0.4) is 0 Å². The van der Waals surface area contributed by atoms with E-state index in [0.29, 0.717) is 6.04 Å². The van der Waals surface area contributed by atoms with Gasteiger partial charge in [0.2, 0.25) is 0 Å². The number of hydrogen-bond acceptors (Lipinski definition) is 4. The Morgan fingerprint density at radius 2 is 2.00 bits per heavy atom. The molecule has 1 saturated heterocycles. The Labute approximate surface area is 166 Å². The molecule has 0 saturated carbocycles. The summed E-state index contributed by atoms with van der Waals surface area (Å²) >= 11 is 0. The van der Waals surface area contributed by atoms with Gasteiger partial charge in [-0.15, -0.1) is 0 Å². The number of nitrogens with one attached hydrogen (secondary N) is 2. The van der Waals surface area contributed by atoms with Gasteiger partial charge in [-0.2, -0.15) is 5.10 Å². The Hall–Kier alpha value is -2.47. The van der Waals surface area contributed by atoms with E-state index in [9.17, 15) is 9.59 Å². The van der Waals surface area contributed by atoms with Crippen molar-refractivity contribution in [2.75, 3.05) is 18.4 Å². The second-order valence-corrected chi connectivity index (χ2v) is 8.11. The van der Waals surface area contributed by atoms with Crippen molar-refractivity contribution in [3.63, 3.8) is 0 Å².